The van der Waals surface area contributed by atoms with Crippen LogP contribution in [-0.4, -0.2) is 43.8 Å². The molecule has 0 radical (unpaired) electrons. The van der Waals surface area contributed by atoms with Crippen LogP contribution in [0.4, 0.5) is 5.69 Å². The summed E-state index contributed by atoms with van der Waals surface area (Å²) < 4.78 is 30.8. The van der Waals surface area contributed by atoms with Gasteiger partial charge in [0.2, 0.25) is 11.8 Å². The van der Waals surface area contributed by atoms with Gasteiger partial charge in [-0.15, -0.1) is 0 Å². The van der Waals surface area contributed by atoms with Crippen molar-refractivity contribution in [3.05, 3.63) is 129 Å². The number of nitrogens with one attached hydrogen (secondary N) is 1. The molecule has 0 unspecified atom stereocenters. The number of hydrogen-bond donors (Lipinski definition) is 1. The molecule has 0 aliphatic heterocycles. The van der Waals surface area contributed by atoms with E-state index in [0.29, 0.717) is 5.69 Å². The Hall–Kier alpha value is -3.95. The summed E-state index contributed by atoms with van der Waals surface area (Å²) in [5.74, 6) is -0.701. The second-order valence-electron chi connectivity index (χ2n) is 12.4. The molecule has 2 amide bonds. The smallest absolute Gasteiger partial charge is 0.264 e. The number of anilines is 1. The van der Waals surface area contributed by atoms with E-state index in [9.17, 15) is 18.0 Å². The summed E-state index contributed by atoms with van der Waals surface area (Å²) >= 11 is 3.54. The Bertz CT molecular complexity index is 1810. The molecule has 1 aliphatic carbocycles. The van der Waals surface area contributed by atoms with Crippen LogP contribution >= 0.6 is 15.9 Å². The van der Waals surface area contributed by atoms with E-state index in [1.54, 1.807) is 41.3 Å². The minimum absolute atomic E-state index is 0.0527. The minimum atomic E-state index is -4.16. The number of halogens is 1. The van der Waals surface area contributed by atoms with Gasteiger partial charge >= 0.3 is 0 Å². The van der Waals surface area contributed by atoms with Gasteiger partial charge in [0.1, 0.15) is 12.6 Å². The van der Waals surface area contributed by atoms with E-state index in [2.05, 4.69) is 21.2 Å². The fraction of sp³-hybridized carbons (Fsp3) is 0.316. The Morgan fingerprint density at radius 2 is 1.51 bits per heavy atom. The van der Waals surface area contributed by atoms with Crippen LogP contribution < -0.4 is 9.62 Å². The van der Waals surface area contributed by atoms with E-state index in [0.717, 1.165) is 58.0 Å². The van der Waals surface area contributed by atoms with Crippen LogP contribution in [0.1, 0.15) is 53.5 Å². The summed E-state index contributed by atoms with van der Waals surface area (Å²) in [7, 11) is -4.16. The van der Waals surface area contributed by atoms with Gasteiger partial charge in [-0.05, 0) is 86.2 Å². The molecule has 246 valence electrons. The quantitative estimate of drug-likeness (QED) is 0.167. The number of rotatable bonds is 12. The van der Waals surface area contributed by atoms with Crippen molar-refractivity contribution in [3.8, 4) is 0 Å². The first kappa shape index (κ1) is 34.4. The third-order valence-electron chi connectivity index (χ3n) is 8.95. The van der Waals surface area contributed by atoms with E-state index in [4.69, 9.17) is 0 Å². The predicted molar refractivity (Wildman–Crippen MR) is 191 cm³/mol. The first-order chi connectivity index (χ1) is 22.5. The van der Waals surface area contributed by atoms with Crippen molar-refractivity contribution in [2.24, 2.45) is 0 Å². The molecule has 5 rings (SSSR count). The normalized spacial score (nSPS) is 14.0. The molecule has 1 saturated carbocycles. The van der Waals surface area contributed by atoms with Crippen molar-refractivity contribution in [1.82, 2.24) is 10.2 Å². The molecule has 0 spiro atoms. The Morgan fingerprint density at radius 3 is 2.19 bits per heavy atom. The zero-order chi connectivity index (χ0) is 33.6. The summed E-state index contributed by atoms with van der Waals surface area (Å²) in [5.41, 5.74) is 4.74. The number of amides is 2. The van der Waals surface area contributed by atoms with E-state index >= 15 is 0 Å². The lowest BCUT2D eigenvalue weighted by Crippen LogP contribution is -2.54. The minimum Gasteiger partial charge on any atom is -0.352 e. The van der Waals surface area contributed by atoms with E-state index in [1.165, 1.54) is 4.31 Å². The van der Waals surface area contributed by atoms with Crippen molar-refractivity contribution in [1.29, 1.82) is 0 Å². The standard InChI is InChI=1S/C38H42BrN3O4S/c1-27-19-21-34(22-20-27)47(45,46)42(35-18-9-11-28(2)29(35)3)26-37(43)41(25-31-14-10-15-32(39)23-31)36(24-30-12-5-4-6-13-30)38(44)40-33-16-7-8-17-33/h4-6,9-15,18-23,33,36H,7-8,16-17,24-26H2,1-3H3,(H,40,44)/t36-/m1/s1. The SMILES string of the molecule is Cc1ccc(S(=O)(=O)N(CC(=O)N(Cc2cccc(Br)c2)[C@H](Cc2ccccc2)C(=O)NC2CCCC2)c2cccc(C)c2C)cc1. The fourth-order valence-electron chi connectivity index (χ4n) is 6.11. The topological polar surface area (TPSA) is 86.8 Å². The van der Waals surface area contributed by atoms with Crippen molar-refractivity contribution >= 4 is 43.5 Å². The summed E-state index contributed by atoms with van der Waals surface area (Å²) in [4.78, 5) is 30.6. The lowest BCUT2D eigenvalue weighted by molar-refractivity contribution is -0.140. The number of carbonyl (C=O) groups excluding carboxylic acids is 2. The Kier molecular flexibility index (Phi) is 11.2. The number of carbonyl (C=O) groups is 2. The molecule has 0 bridgehead atoms. The van der Waals surface area contributed by atoms with Gasteiger partial charge in [-0.25, -0.2) is 8.42 Å². The fourth-order valence-corrected chi connectivity index (χ4v) is 8.03. The van der Waals surface area contributed by atoms with Crippen LogP contribution in [0.25, 0.3) is 0 Å². The van der Waals surface area contributed by atoms with Gasteiger partial charge in [-0.1, -0.05) is 101 Å². The first-order valence-corrected chi connectivity index (χ1v) is 18.3. The molecule has 1 atom stereocenters. The monoisotopic (exact) mass is 715 g/mol. The Balaban J connectivity index is 1.59. The van der Waals surface area contributed by atoms with Gasteiger partial charge < -0.3 is 10.2 Å². The molecule has 47 heavy (non-hydrogen) atoms. The van der Waals surface area contributed by atoms with Crippen LogP contribution in [0.5, 0.6) is 0 Å². The molecule has 4 aromatic rings. The van der Waals surface area contributed by atoms with E-state index in [-0.39, 0.29) is 29.8 Å². The number of hydrogen-bond acceptors (Lipinski definition) is 4. The average Bonchev–Trinajstić information content (AvgIpc) is 3.56. The molecule has 4 aromatic carbocycles. The zero-order valence-corrected chi connectivity index (χ0v) is 29.6. The van der Waals surface area contributed by atoms with Gasteiger partial charge in [0.15, 0.2) is 0 Å². The lowest BCUT2D eigenvalue weighted by atomic mass is 10.0. The highest BCUT2D eigenvalue weighted by Crippen LogP contribution is 2.30. The number of aryl methyl sites for hydroxylation is 2. The highest BCUT2D eigenvalue weighted by atomic mass is 79.9. The average molecular weight is 717 g/mol. The van der Waals surface area contributed by atoms with Crippen molar-refractivity contribution in [2.75, 3.05) is 10.8 Å². The first-order valence-electron chi connectivity index (χ1n) is 16.1. The highest BCUT2D eigenvalue weighted by Gasteiger charge is 2.36. The second kappa shape index (κ2) is 15.3. The molecular weight excluding hydrogens is 674 g/mol. The number of benzene rings is 4. The molecule has 0 aromatic heterocycles. The zero-order valence-electron chi connectivity index (χ0n) is 27.2. The molecular formula is C38H42BrN3O4S. The van der Waals surface area contributed by atoms with Crippen LogP contribution in [0.2, 0.25) is 0 Å². The van der Waals surface area contributed by atoms with Gasteiger partial charge in [0, 0.05) is 23.5 Å². The number of nitrogens with zero attached hydrogens (tertiary/aromatic N) is 2. The molecule has 1 fully saturated rings. The maximum absolute atomic E-state index is 14.7. The lowest BCUT2D eigenvalue weighted by Gasteiger charge is -2.35. The van der Waals surface area contributed by atoms with Gasteiger partial charge in [-0.3, -0.25) is 13.9 Å². The third kappa shape index (κ3) is 8.51. The molecule has 0 saturated heterocycles. The summed E-state index contributed by atoms with van der Waals surface area (Å²) in [6, 6.07) is 28.5. The molecule has 1 aliphatic rings. The van der Waals surface area contributed by atoms with Crippen molar-refractivity contribution < 1.29 is 18.0 Å². The largest absolute Gasteiger partial charge is 0.352 e. The van der Waals surface area contributed by atoms with E-state index in [1.807, 2.05) is 81.4 Å². The Morgan fingerprint density at radius 1 is 0.851 bits per heavy atom. The van der Waals surface area contributed by atoms with Gasteiger partial charge in [0.25, 0.3) is 10.0 Å². The molecule has 9 heteroatoms. The van der Waals surface area contributed by atoms with Gasteiger partial charge in [0.05, 0.1) is 10.6 Å². The van der Waals surface area contributed by atoms with Crippen LogP contribution in [-0.2, 0) is 32.6 Å². The van der Waals surface area contributed by atoms with E-state index < -0.39 is 28.5 Å². The van der Waals surface area contributed by atoms with Crippen LogP contribution in [0.3, 0.4) is 0 Å². The van der Waals surface area contributed by atoms with Gasteiger partial charge in [-0.2, -0.15) is 0 Å². The third-order valence-corrected chi connectivity index (χ3v) is 11.2. The predicted octanol–water partition coefficient (Wildman–Crippen LogP) is 7.27. The Labute approximate surface area is 287 Å². The van der Waals surface area contributed by atoms with Crippen LogP contribution in [0.15, 0.2) is 106 Å². The highest BCUT2D eigenvalue weighted by molar-refractivity contribution is 9.10. The summed E-state index contributed by atoms with van der Waals surface area (Å²) in [6.07, 6.45) is 4.19. The molecule has 0 heterocycles. The maximum Gasteiger partial charge on any atom is 0.264 e. The second-order valence-corrected chi connectivity index (χ2v) is 15.2. The maximum atomic E-state index is 14.7. The molecule has 7 nitrogen and oxygen atoms in total. The summed E-state index contributed by atoms with van der Waals surface area (Å²) in [5, 5.41) is 3.22. The number of sulfonamides is 1. The van der Waals surface area contributed by atoms with Crippen molar-refractivity contribution in [3.63, 3.8) is 0 Å². The van der Waals surface area contributed by atoms with Crippen LogP contribution in [0, 0.1) is 20.8 Å². The summed E-state index contributed by atoms with van der Waals surface area (Å²) in [6.45, 7) is 5.32. The molecule has 1 N–H and O–H groups in total. The van der Waals surface area contributed by atoms with Crippen molar-refractivity contribution in [2.45, 2.75) is 76.4 Å².